The van der Waals surface area contributed by atoms with Crippen molar-refractivity contribution in [3.05, 3.63) is 59.9 Å². The second-order valence-corrected chi connectivity index (χ2v) is 6.04. The van der Waals surface area contributed by atoms with Gasteiger partial charge in [0.25, 0.3) is 0 Å². The van der Waals surface area contributed by atoms with Crippen molar-refractivity contribution >= 4 is 0 Å². The fourth-order valence-electron chi connectivity index (χ4n) is 3.12. The van der Waals surface area contributed by atoms with Crippen LogP contribution < -0.4 is 4.74 Å². The van der Waals surface area contributed by atoms with Gasteiger partial charge in [0.1, 0.15) is 5.75 Å². The fraction of sp³-hybridized carbons (Fsp3) is 0.450. The molecule has 122 valence electrons. The standard InChI is InChI=1S/C15H20O2.C5H5N/c1-2-8-13-12(6-1)7-5-9-14(13)17-15-10-3-4-11-16-15;1-2-4-6-5-3-1/h5,7,9,15H,1-4,6,8,10-11H2;1-5H. The highest BCUT2D eigenvalue weighted by atomic mass is 16.7. The molecule has 0 saturated carbocycles. The molecule has 1 aliphatic carbocycles. The second-order valence-electron chi connectivity index (χ2n) is 6.04. The highest BCUT2D eigenvalue weighted by molar-refractivity contribution is 5.41. The van der Waals surface area contributed by atoms with Crippen LogP contribution in [0.2, 0.25) is 0 Å². The summed E-state index contributed by atoms with van der Waals surface area (Å²) >= 11 is 0. The van der Waals surface area contributed by atoms with E-state index in [1.807, 2.05) is 18.2 Å². The van der Waals surface area contributed by atoms with Gasteiger partial charge in [-0.15, -0.1) is 0 Å². The molecule has 2 aliphatic rings. The Morgan fingerprint density at radius 2 is 1.78 bits per heavy atom. The Kier molecular flexibility index (Phi) is 6.04. The van der Waals surface area contributed by atoms with Crippen LogP contribution in [0.5, 0.6) is 5.75 Å². The molecule has 0 radical (unpaired) electrons. The maximum absolute atomic E-state index is 6.03. The number of fused-ring (bicyclic) bond motifs is 1. The van der Waals surface area contributed by atoms with Crippen LogP contribution in [-0.2, 0) is 17.6 Å². The van der Waals surface area contributed by atoms with Gasteiger partial charge in [0.15, 0.2) is 6.29 Å². The molecule has 3 heteroatoms. The van der Waals surface area contributed by atoms with Crippen LogP contribution in [-0.4, -0.2) is 17.9 Å². The van der Waals surface area contributed by atoms with Crippen molar-refractivity contribution < 1.29 is 9.47 Å². The summed E-state index contributed by atoms with van der Waals surface area (Å²) in [4.78, 5) is 3.78. The van der Waals surface area contributed by atoms with E-state index >= 15 is 0 Å². The van der Waals surface area contributed by atoms with Crippen LogP contribution in [0.15, 0.2) is 48.8 Å². The number of nitrogens with zero attached hydrogens (tertiary/aromatic N) is 1. The van der Waals surface area contributed by atoms with Gasteiger partial charge in [-0.25, -0.2) is 0 Å². The molecule has 1 aromatic heterocycles. The average Bonchev–Trinajstić information content (AvgIpc) is 2.65. The van der Waals surface area contributed by atoms with Gasteiger partial charge >= 0.3 is 0 Å². The minimum absolute atomic E-state index is 0.0165. The van der Waals surface area contributed by atoms with E-state index in [2.05, 4.69) is 23.2 Å². The van der Waals surface area contributed by atoms with E-state index in [9.17, 15) is 0 Å². The first-order chi connectivity index (χ1) is 11.4. The summed E-state index contributed by atoms with van der Waals surface area (Å²) in [5, 5.41) is 0. The molecule has 0 N–H and O–H groups in total. The van der Waals surface area contributed by atoms with E-state index in [0.29, 0.717) is 0 Å². The van der Waals surface area contributed by atoms with Gasteiger partial charge in [0.05, 0.1) is 6.61 Å². The minimum atomic E-state index is -0.0165. The van der Waals surface area contributed by atoms with Gasteiger partial charge in [0, 0.05) is 18.8 Å². The third-order valence-electron chi connectivity index (χ3n) is 4.32. The zero-order valence-electron chi connectivity index (χ0n) is 13.6. The lowest BCUT2D eigenvalue weighted by Gasteiger charge is -2.26. The van der Waals surface area contributed by atoms with Crippen molar-refractivity contribution in [2.45, 2.75) is 51.2 Å². The largest absolute Gasteiger partial charge is 0.465 e. The Hall–Kier alpha value is -1.87. The molecule has 1 aromatic carbocycles. The third-order valence-corrected chi connectivity index (χ3v) is 4.32. The summed E-state index contributed by atoms with van der Waals surface area (Å²) in [6, 6.07) is 12.2. The summed E-state index contributed by atoms with van der Waals surface area (Å²) in [6.07, 6.45) is 11.9. The summed E-state index contributed by atoms with van der Waals surface area (Å²) in [6.45, 7) is 0.847. The first-order valence-electron chi connectivity index (χ1n) is 8.67. The minimum Gasteiger partial charge on any atom is -0.465 e. The quantitative estimate of drug-likeness (QED) is 0.815. The third kappa shape index (κ3) is 4.80. The zero-order chi connectivity index (χ0) is 15.7. The number of hydrogen-bond donors (Lipinski definition) is 0. The van der Waals surface area contributed by atoms with Crippen LogP contribution in [0.3, 0.4) is 0 Å². The molecular weight excluding hydrogens is 286 g/mol. The SMILES string of the molecule is c1cc2c(c(OC3CCCCO3)c1)CCCC2.c1ccncc1. The molecular formula is C20H25NO2. The molecule has 23 heavy (non-hydrogen) atoms. The van der Waals surface area contributed by atoms with Crippen molar-refractivity contribution in [1.29, 1.82) is 0 Å². The van der Waals surface area contributed by atoms with Gasteiger partial charge in [-0.1, -0.05) is 18.2 Å². The zero-order valence-corrected chi connectivity index (χ0v) is 13.6. The molecule has 1 unspecified atom stereocenters. The summed E-state index contributed by atoms with van der Waals surface area (Å²) in [7, 11) is 0. The predicted molar refractivity (Wildman–Crippen MR) is 91.5 cm³/mol. The lowest BCUT2D eigenvalue weighted by atomic mass is 9.91. The molecule has 0 spiro atoms. The van der Waals surface area contributed by atoms with E-state index in [-0.39, 0.29) is 6.29 Å². The molecule has 1 saturated heterocycles. The molecule has 4 rings (SSSR count). The first-order valence-corrected chi connectivity index (χ1v) is 8.67. The van der Waals surface area contributed by atoms with Gasteiger partial charge < -0.3 is 9.47 Å². The van der Waals surface area contributed by atoms with Gasteiger partial charge in [-0.3, -0.25) is 4.98 Å². The number of benzene rings is 1. The number of pyridine rings is 1. The second kappa shape index (κ2) is 8.68. The topological polar surface area (TPSA) is 31.4 Å². The molecule has 2 heterocycles. The van der Waals surface area contributed by atoms with Crippen LogP contribution in [0, 0.1) is 0 Å². The van der Waals surface area contributed by atoms with Gasteiger partial charge in [-0.05, 0) is 67.9 Å². The molecule has 0 amide bonds. The Morgan fingerprint density at radius 3 is 2.48 bits per heavy atom. The van der Waals surface area contributed by atoms with Crippen molar-refractivity contribution in [1.82, 2.24) is 4.98 Å². The number of rotatable bonds is 2. The van der Waals surface area contributed by atoms with E-state index in [4.69, 9.17) is 9.47 Å². The van der Waals surface area contributed by atoms with Crippen LogP contribution in [0.1, 0.15) is 43.2 Å². The van der Waals surface area contributed by atoms with E-state index in [1.165, 1.54) is 43.2 Å². The lowest BCUT2D eigenvalue weighted by molar-refractivity contribution is -0.106. The number of aromatic nitrogens is 1. The first kappa shape index (κ1) is 16.0. The van der Waals surface area contributed by atoms with Crippen molar-refractivity contribution in [3.8, 4) is 5.75 Å². The molecule has 1 fully saturated rings. The van der Waals surface area contributed by atoms with Crippen molar-refractivity contribution in [2.24, 2.45) is 0 Å². The maximum atomic E-state index is 6.03. The van der Waals surface area contributed by atoms with Crippen molar-refractivity contribution in [3.63, 3.8) is 0 Å². The number of ether oxygens (including phenoxy) is 2. The van der Waals surface area contributed by atoms with Crippen LogP contribution >= 0.6 is 0 Å². The molecule has 1 atom stereocenters. The Balaban J connectivity index is 0.000000220. The number of aryl methyl sites for hydroxylation is 1. The average molecular weight is 311 g/mol. The predicted octanol–water partition coefficient (Wildman–Crippen LogP) is 4.55. The van der Waals surface area contributed by atoms with Gasteiger partial charge in [0.2, 0.25) is 0 Å². The van der Waals surface area contributed by atoms with Crippen molar-refractivity contribution in [2.75, 3.05) is 6.61 Å². The summed E-state index contributed by atoms with van der Waals surface area (Å²) in [5.74, 6) is 1.06. The Bertz CT molecular complexity index is 553. The van der Waals surface area contributed by atoms with E-state index in [0.717, 1.165) is 25.2 Å². The normalized spacial score (nSPS) is 19.9. The lowest BCUT2D eigenvalue weighted by Crippen LogP contribution is -2.25. The van der Waals surface area contributed by atoms with Gasteiger partial charge in [-0.2, -0.15) is 0 Å². The summed E-state index contributed by atoms with van der Waals surface area (Å²) < 4.78 is 11.7. The van der Waals surface area contributed by atoms with E-state index in [1.54, 1.807) is 12.4 Å². The smallest absolute Gasteiger partial charge is 0.199 e. The molecule has 1 aliphatic heterocycles. The fourth-order valence-corrected chi connectivity index (χ4v) is 3.12. The Labute approximate surface area is 138 Å². The summed E-state index contributed by atoms with van der Waals surface area (Å²) in [5.41, 5.74) is 2.90. The Morgan fingerprint density at radius 1 is 0.913 bits per heavy atom. The van der Waals surface area contributed by atoms with E-state index < -0.39 is 0 Å². The van der Waals surface area contributed by atoms with Crippen LogP contribution in [0.4, 0.5) is 0 Å². The molecule has 3 nitrogen and oxygen atoms in total. The highest BCUT2D eigenvalue weighted by Crippen LogP contribution is 2.31. The highest BCUT2D eigenvalue weighted by Gasteiger charge is 2.19. The molecule has 0 bridgehead atoms. The van der Waals surface area contributed by atoms with Crippen LogP contribution in [0.25, 0.3) is 0 Å². The monoisotopic (exact) mass is 311 g/mol. The number of hydrogen-bond acceptors (Lipinski definition) is 3. The maximum Gasteiger partial charge on any atom is 0.199 e. The molecule has 2 aromatic rings.